The van der Waals surface area contributed by atoms with Crippen LogP contribution in [0.5, 0.6) is 11.5 Å². The highest BCUT2D eigenvalue weighted by Gasteiger charge is 2.13. The molecule has 148 valence electrons. The van der Waals surface area contributed by atoms with Gasteiger partial charge in [0, 0.05) is 17.1 Å². The molecular formula is C21H28BrClN2O2. The number of hydrogen-bond donors (Lipinski definition) is 2. The van der Waals surface area contributed by atoms with Crippen LogP contribution in [0.15, 0.2) is 40.9 Å². The second-order valence-electron chi connectivity index (χ2n) is 6.10. The van der Waals surface area contributed by atoms with E-state index in [0.717, 1.165) is 53.9 Å². The number of benzene rings is 2. The van der Waals surface area contributed by atoms with Gasteiger partial charge in [-0.3, -0.25) is 0 Å². The molecule has 0 bridgehead atoms. The van der Waals surface area contributed by atoms with Crippen molar-refractivity contribution < 1.29 is 9.47 Å². The van der Waals surface area contributed by atoms with Crippen molar-refractivity contribution in [2.45, 2.75) is 33.4 Å². The van der Waals surface area contributed by atoms with Crippen LogP contribution in [0, 0.1) is 0 Å². The van der Waals surface area contributed by atoms with E-state index in [-0.39, 0.29) is 0 Å². The number of halogens is 2. The predicted octanol–water partition coefficient (Wildman–Crippen LogP) is 5.17. The van der Waals surface area contributed by atoms with Crippen LogP contribution in [-0.4, -0.2) is 26.2 Å². The second kappa shape index (κ2) is 12.2. The Labute approximate surface area is 175 Å². The van der Waals surface area contributed by atoms with Gasteiger partial charge in [-0.25, -0.2) is 0 Å². The Balaban J connectivity index is 2.01. The van der Waals surface area contributed by atoms with Gasteiger partial charge in [0.15, 0.2) is 11.5 Å². The predicted molar refractivity (Wildman–Crippen MR) is 116 cm³/mol. The van der Waals surface area contributed by atoms with Gasteiger partial charge in [-0.15, -0.1) is 0 Å². The molecule has 0 fully saturated rings. The molecule has 0 heterocycles. The van der Waals surface area contributed by atoms with Crippen molar-refractivity contribution in [1.82, 2.24) is 10.6 Å². The first-order valence-corrected chi connectivity index (χ1v) is 10.6. The summed E-state index contributed by atoms with van der Waals surface area (Å²) in [4.78, 5) is 0. The normalized spacial score (nSPS) is 10.8. The Morgan fingerprint density at radius 2 is 1.81 bits per heavy atom. The third-order valence-electron chi connectivity index (χ3n) is 3.99. The van der Waals surface area contributed by atoms with Crippen molar-refractivity contribution >= 4 is 27.5 Å². The van der Waals surface area contributed by atoms with Crippen LogP contribution in [0.1, 0.15) is 31.4 Å². The van der Waals surface area contributed by atoms with Gasteiger partial charge in [0.1, 0.15) is 6.61 Å². The largest absolute Gasteiger partial charge is 0.490 e. The standard InChI is InChI=1S/C21H28BrClN2O2/c1-3-24-10-7-11-25-14-16-12-18(22)21(20(13-16)26-4-2)27-15-17-8-5-6-9-19(17)23/h5-6,8-9,12-13,24-25H,3-4,7,10-11,14-15H2,1-2H3. The lowest BCUT2D eigenvalue weighted by Crippen LogP contribution is -2.21. The molecule has 0 spiro atoms. The fourth-order valence-corrected chi connectivity index (χ4v) is 3.43. The van der Waals surface area contributed by atoms with Gasteiger partial charge < -0.3 is 20.1 Å². The maximum atomic E-state index is 6.22. The molecule has 0 aromatic heterocycles. The molecule has 27 heavy (non-hydrogen) atoms. The summed E-state index contributed by atoms with van der Waals surface area (Å²) in [7, 11) is 0. The SMILES string of the molecule is CCNCCCNCc1cc(Br)c(OCc2ccccc2Cl)c(OCC)c1. The first-order chi connectivity index (χ1) is 13.2. The van der Waals surface area contributed by atoms with E-state index in [1.165, 1.54) is 0 Å². The average Bonchev–Trinajstić information content (AvgIpc) is 2.65. The van der Waals surface area contributed by atoms with Gasteiger partial charge in [0.25, 0.3) is 0 Å². The van der Waals surface area contributed by atoms with E-state index in [1.807, 2.05) is 37.3 Å². The Bertz CT molecular complexity index is 713. The van der Waals surface area contributed by atoms with Gasteiger partial charge in [-0.05, 0) is 72.7 Å². The quantitative estimate of drug-likeness (QED) is 0.433. The van der Waals surface area contributed by atoms with E-state index in [0.29, 0.717) is 24.0 Å². The summed E-state index contributed by atoms with van der Waals surface area (Å²) in [6.07, 6.45) is 1.10. The van der Waals surface area contributed by atoms with Crippen LogP contribution in [0.2, 0.25) is 5.02 Å². The molecule has 0 aliphatic rings. The number of ether oxygens (including phenoxy) is 2. The molecule has 0 saturated carbocycles. The molecule has 4 nitrogen and oxygen atoms in total. The maximum absolute atomic E-state index is 6.22. The van der Waals surface area contributed by atoms with Gasteiger partial charge in [-0.2, -0.15) is 0 Å². The van der Waals surface area contributed by atoms with E-state index in [4.69, 9.17) is 21.1 Å². The summed E-state index contributed by atoms with van der Waals surface area (Å²) < 4.78 is 12.7. The van der Waals surface area contributed by atoms with Crippen LogP contribution in [0.4, 0.5) is 0 Å². The number of nitrogens with one attached hydrogen (secondary N) is 2. The van der Waals surface area contributed by atoms with Gasteiger partial charge in [0.2, 0.25) is 0 Å². The van der Waals surface area contributed by atoms with E-state index < -0.39 is 0 Å². The highest BCUT2D eigenvalue weighted by molar-refractivity contribution is 9.10. The fourth-order valence-electron chi connectivity index (χ4n) is 2.64. The number of hydrogen-bond acceptors (Lipinski definition) is 4. The molecule has 2 rings (SSSR count). The maximum Gasteiger partial charge on any atom is 0.175 e. The minimum atomic E-state index is 0.389. The molecular weight excluding hydrogens is 428 g/mol. The molecule has 2 N–H and O–H groups in total. The minimum Gasteiger partial charge on any atom is -0.490 e. The molecule has 0 amide bonds. The van der Waals surface area contributed by atoms with Gasteiger partial charge >= 0.3 is 0 Å². The Morgan fingerprint density at radius 3 is 2.56 bits per heavy atom. The molecule has 0 saturated heterocycles. The third kappa shape index (κ3) is 7.34. The second-order valence-corrected chi connectivity index (χ2v) is 7.36. The van der Waals surface area contributed by atoms with Crippen molar-refractivity contribution in [2.24, 2.45) is 0 Å². The zero-order chi connectivity index (χ0) is 19.5. The molecule has 0 aliphatic heterocycles. The summed E-state index contributed by atoms with van der Waals surface area (Å²) in [5.74, 6) is 1.44. The summed E-state index contributed by atoms with van der Waals surface area (Å²) in [5.41, 5.74) is 2.10. The average molecular weight is 456 g/mol. The fraction of sp³-hybridized carbons (Fsp3) is 0.429. The highest BCUT2D eigenvalue weighted by atomic mass is 79.9. The summed E-state index contributed by atoms with van der Waals surface area (Å²) >= 11 is 9.85. The van der Waals surface area contributed by atoms with E-state index >= 15 is 0 Å². The molecule has 2 aromatic rings. The van der Waals surface area contributed by atoms with E-state index in [2.05, 4.69) is 39.6 Å². The summed E-state index contributed by atoms with van der Waals surface area (Å²) in [6, 6.07) is 11.8. The first-order valence-electron chi connectivity index (χ1n) is 9.38. The van der Waals surface area contributed by atoms with Gasteiger partial charge in [0.05, 0.1) is 11.1 Å². The van der Waals surface area contributed by atoms with E-state index in [1.54, 1.807) is 0 Å². The van der Waals surface area contributed by atoms with Crippen LogP contribution in [-0.2, 0) is 13.2 Å². The topological polar surface area (TPSA) is 42.5 Å². The molecule has 0 radical (unpaired) electrons. The third-order valence-corrected chi connectivity index (χ3v) is 4.94. The minimum absolute atomic E-state index is 0.389. The Kier molecular flexibility index (Phi) is 9.98. The Morgan fingerprint density at radius 1 is 1.04 bits per heavy atom. The smallest absolute Gasteiger partial charge is 0.175 e. The molecule has 6 heteroatoms. The van der Waals surface area contributed by atoms with Crippen LogP contribution in [0.3, 0.4) is 0 Å². The van der Waals surface area contributed by atoms with E-state index in [9.17, 15) is 0 Å². The van der Waals surface area contributed by atoms with Gasteiger partial charge in [-0.1, -0.05) is 36.7 Å². The first kappa shape index (κ1) is 22.0. The number of rotatable bonds is 12. The summed E-state index contributed by atoms with van der Waals surface area (Å²) in [6.45, 7) is 8.86. The lowest BCUT2D eigenvalue weighted by molar-refractivity contribution is 0.267. The summed E-state index contributed by atoms with van der Waals surface area (Å²) in [5, 5.41) is 7.49. The monoisotopic (exact) mass is 454 g/mol. The zero-order valence-electron chi connectivity index (χ0n) is 16.0. The molecule has 0 atom stereocenters. The van der Waals surface area contributed by atoms with Crippen LogP contribution in [0.25, 0.3) is 0 Å². The lowest BCUT2D eigenvalue weighted by Gasteiger charge is -2.16. The van der Waals surface area contributed by atoms with Crippen molar-refractivity contribution in [3.63, 3.8) is 0 Å². The molecule has 0 aliphatic carbocycles. The lowest BCUT2D eigenvalue weighted by atomic mass is 10.2. The Hall–Kier alpha value is -1.27. The molecule has 0 unspecified atom stereocenters. The molecule has 2 aromatic carbocycles. The van der Waals surface area contributed by atoms with Crippen molar-refractivity contribution in [3.8, 4) is 11.5 Å². The van der Waals surface area contributed by atoms with Crippen molar-refractivity contribution in [2.75, 3.05) is 26.2 Å². The highest BCUT2D eigenvalue weighted by Crippen LogP contribution is 2.37. The van der Waals surface area contributed by atoms with Crippen molar-refractivity contribution in [3.05, 3.63) is 57.0 Å². The van der Waals surface area contributed by atoms with Crippen LogP contribution < -0.4 is 20.1 Å². The zero-order valence-corrected chi connectivity index (χ0v) is 18.3. The van der Waals surface area contributed by atoms with Crippen molar-refractivity contribution in [1.29, 1.82) is 0 Å². The van der Waals surface area contributed by atoms with Crippen LogP contribution >= 0.6 is 27.5 Å².